The molecule has 1 amide bonds. The zero-order valence-corrected chi connectivity index (χ0v) is 14.1. The van der Waals surface area contributed by atoms with Crippen molar-refractivity contribution >= 4 is 23.6 Å². The molecule has 0 aromatic carbocycles. The van der Waals surface area contributed by atoms with E-state index in [4.69, 9.17) is 5.11 Å². The van der Waals surface area contributed by atoms with Gasteiger partial charge in [0.2, 0.25) is 0 Å². The van der Waals surface area contributed by atoms with Crippen LogP contribution < -0.4 is 41.6 Å². The van der Waals surface area contributed by atoms with E-state index in [2.05, 4.69) is 16.8 Å². The van der Waals surface area contributed by atoms with E-state index in [-0.39, 0.29) is 36.8 Å². The summed E-state index contributed by atoms with van der Waals surface area (Å²) in [6.07, 6.45) is 4.71. The number of hydrogen-bond donors (Lipinski definition) is 4. The number of carbonyl (C=O) groups is 2. The van der Waals surface area contributed by atoms with Crippen LogP contribution >= 0.6 is 11.8 Å². The maximum Gasteiger partial charge on any atom is 0.326 e. The molecule has 0 aliphatic rings. The summed E-state index contributed by atoms with van der Waals surface area (Å²) in [5.74, 6) is -0.406. The number of amides is 1. The van der Waals surface area contributed by atoms with Crippen LogP contribution in [0.5, 0.6) is 0 Å². The van der Waals surface area contributed by atoms with E-state index in [1.54, 1.807) is 11.8 Å². The highest BCUT2D eigenvalue weighted by atomic mass is 35.5. The number of carbonyl (C=O) groups excluding carboxylic acids is 1. The summed E-state index contributed by atoms with van der Waals surface area (Å²) in [5, 5.41) is 11.6. The van der Waals surface area contributed by atoms with Crippen LogP contribution in [0.4, 0.5) is 0 Å². The molecule has 0 saturated carbocycles. The molecule has 0 aromatic rings. The van der Waals surface area contributed by atoms with Gasteiger partial charge in [-0.3, -0.25) is 4.79 Å². The average Bonchev–Trinajstić information content (AvgIpc) is 2.34. The Kier molecular flexibility index (Phi) is 18.8. The first-order valence-corrected chi connectivity index (χ1v) is 7.56. The van der Waals surface area contributed by atoms with Gasteiger partial charge in [0.05, 0.1) is 6.54 Å². The molecule has 2 atom stereocenters. The van der Waals surface area contributed by atoms with Gasteiger partial charge in [-0.05, 0) is 31.3 Å². The minimum atomic E-state index is -0.982. The topological polar surface area (TPSA) is 122 Å². The molecule has 0 rings (SSSR count). The molecule has 0 aliphatic carbocycles. The van der Waals surface area contributed by atoms with Crippen LogP contribution in [0.2, 0.25) is 0 Å². The number of thioether (sulfide) groups is 1. The first-order valence-electron chi connectivity index (χ1n) is 6.17. The third-order valence-electron chi connectivity index (χ3n) is 2.65. The van der Waals surface area contributed by atoms with Gasteiger partial charge in [0.25, 0.3) is 5.91 Å². The van der Waals surface area contributed by atoms with Gasteiger partial charge in [-0.15, -0.1) is 0 Å². The predicted octanol–water partition coefficient (Wildman–Crippen LogP) is -7.66. The van der Waals surface area contributed by atoms with Gasteiger partial charge in [0, 0.05) is 6.42 Å². The lowest BCUT2D eigenvalue weighted by Crippen LogP contribution is -3.00. The Morgan fingerprint density at radius 1 is 1.25 bits per heavy atom. The molecule has 0 aliphatic heterocycles. The Balaban J connectivity index is -0.00000144. The lowest BCUT2D eigenvalue weighted by Gasteiger charge is -2.15. The first-order chi connectivity index (χ1) is 8.52. The van der Waals surface area contributed by atoms with E-state index in [1.807, 2.05) is 6.26 Å². The molecular weight excluding hydrogens is 325 g/mol. The molecule has 0 heterocycles. The van der Waals surface area contributed by atoms with Crippen molar-refractivity contribution in [1.82, 2.24) is 5.32 Å². The van der Waals surface area contributed by atoms with Gasteiger partial charge in [-0.2, -0.15) is 11.8 Å². The van der Waals surface area contributed by atoms with E-state index in [1.165, 1.54) is 0 Å². The molecule has 0 spiro atoms. The molecule has 0 bridgehead atoms. The smallest absolute Gasteiger partial charge is 0.326 e. The Labute approximate surface area is 136 Å². The number of rotatable bonds is 10. The SMILES string of the molecule is CSCC[C@@H]([NH3+])C(=O)N[C@@H](CCCC[NH3+])C(=O)O.[Cl-].[Cl-]. The summed E-state index contributed by atoms with van der Waals surface area (Å²) in [4.78, 5) is 22.7. The molecule has 0 fully saturated rings. The van der Waals surface area contributed by atoms with E-state index in [0.29, 0.717) is 12.8 Å². The fourth-order valence-electron chi connectivity index (χ4n) is 1.46. The van der Waals surface area contributed by atoms with Crippen molar-refractivity contribution in [3.63, 3.8) is 0 Å². The molecule has 0 radical (unpaired) electrons. The average molecular weight is 350 g/mol. The number of nitrogens with one attached hydrogen (secondary N) is 1. The molecule has 6 nitrogen and oxygen atoms in total. The summed E-state index contributed by atoms with van der Waals surface area (Å²) in [6, 6.07) is -1.19. The zero-order valence-electron chi connectivity index (χ0n) is 11.7. The summed E-state index contributed by atoms with van der Waals surface area (Å²) in [5.41, 5.74) is 7.46. The predicted molar refractivity (Wildman–Crippen MR) is 70.8 cm³/mol. The van der Waals surface area contributed by atoms with Crippen LogP contribution in [-0.2, 0) is 9.59 Å². The highest BCUT2D eigenvalue weighted by Crippen LogP contribution is 2.02. The van der Waals surface area contributed by atoms with Crippen LogP contribution in [0.15, 0.2) is 0 Å². The molecule has 9 heteroatoms. The molecule has 0 saturated heterocycles. The van der Waals surface area contributed by atoms with Crippen molar-refractivity contribution in [2.45, 2.75) is 37.8 Å². The van der Waals surface area contributed by atoms with Crippen molar-refractivity contribution in [1.29, 1.82) is 0 Å². The fourth-order valence-corrected chi connectivity index (χ4v) is 1.98. The number of aliphatic carboxylic acids is 1. The molecule has 0 aromatic heterocycles. The van der Waals surface area contributed by atoms with Crippen molar-refractivity contribution in [3.8, 4) is 0 Å². The van der Waals surface area contributed by atoms with Crippen LogP contribution in [0.3, 0.4) is 0 Å². The summed E-state index contributed by atoms with van der Waals surface area (Å²) in [6.45, 7) is 0.784. The summed E-state index contributed by atoms with van der Waals surface area (Å²) in [7, 11) is 0. The largest absolute Gasteiger partial charge is 1.00 e. The third-order valence-corrected chi connectivity index (χ3v) is 3.29. The maximum absolute atomic E-state index is 11.7. The Morgan fingerprint density at radius 3 is 2.30 bits per heavy atom. The number of unbranched alkanes of at least 4 members (excludes halogenated alkanes) is 1. The van der Waals surface area contributed by atoms with Gasteiger partial charge < -0.3 is 46.7 Å². The fraction of sp³-hybridized carbons (Fsp3) is 0.818. The monoisotopic (exact) mass is 349 g/mol. The number of carboxylic acid groups (broad SMARTS) is 1. The molecule has 0 unspecified atom stereocenters. The Morgan fingerprint density at radius 2 is 1.85 bits per heavy atom. The second-order valence-electron chi connectivity index (χ2n) is 4.23. The summed E-state index contributed by atoms with van der Waals surface area (Å²) < 4.78 is 0. The van der Waals surface area contributed by atoms with E-state index < -0.39 is 12.0 Å². The van der Waals surface area contributed by atoms with Crippen LogP contribution in [0.1, 0.15) is 25.7 Å². The van der Waals surface area contributed by atoms with Crippen LogP contribution in [-0.4, -0.2) is 47.6 Å². The molecule has 20 heavy (non-hydrogen) atoms. The third kappa shape index (κ3) is 11.6. The van der Waals surface area contributed by atoms with Gasteiger partial charge in [0.15, 0.2) is 6.04 Å². The summed E-state index contributed by atoms with van der Waals surface area (Å²) >= 11 is 1.65. The van der Waals surface area contributed by atoms with Crippen LogP contribution in [0.25, 0.3) is 0 Å². The number of quaternary nitrogens is 2. The van der Waals surface area contributed by atoms with Crippen molar-refractivity contribution in [3.05, 3.63) is 0 Å². The highest BCUT2D eigenvalue weighted by molar-refractivity contribution is 7.98. The standard InChI is InChI=1S/C11H23N3O3S.2ClH/c1-18-7-5-8(13)10(15)14-9(11(16)17)4-2-3-6-12;;/h8-9H,2-7,12-13H2,1H3,(H,14,15)(H,16,17);2*1H/t8-,9+;;/m1../s1. The zero-order chi connectivity index (χ0) is 14.0. The van der Waals surface area contributed by atoms with Crippen molar-refractivity contribution < 1.29 is 51.0 Å². The quantitative estimate of drug-likeness (QED) is 0.292. The van der Waals surface area contributed by atoms with Gasteiger partial charge >= 0.3 is 5.97 Å². The van der Waals surface area contributed by atoms with Gasteiger partial charge in [-0.1, -0.05) is 0 Å². The van der Waals surface area contributed by atoms with Crippen molar-refractivity contribution in [2.75, 3.05) is 18.6 Å². The molecule has 122 valence electrons. The minimum Gasteiger partial charge on any atom is -1.00 e. The number of carboxylic acids is 1. The van der Waals surface area contributed by atoms with Gasteiger partial charge in [-0.25, -0.2) is 4.79 Å². The minimum absolute atomic E-state index is 0. The second kappa shape index (κ2) is 15.2. The lowest BCUT2D eigenvalue weighted by molar-refractivity contribution is -0.404. The van der Waals surface area contributed by atoms with Crippen LogP contribution in [0, 0.1) is 0 Å². The second-order valence-corrected chi connectivity index (χ2v) is 5.21. The number of hydrogen-bond acceptors (Lipinski definition) is 3. The van der Waals surface area contributed by atoms with Gasteiger partial charge in [0.1, 0.15) is 6.04 Å². The Bertz CT molecular complexity index is 273. The maximum atomic E-state index is 11.7. The molecule has 8 N–H and O–H groups in total. The molecular formula is C11H25Cl2N3O3S. The highest BCUT2D eigenvalue weighted by Gasteiger charge is 2.24. The number of halogens is 2. The van der Waals surface area contributed by atoms with E-state index in [9.17, 15) is 9.59 Å². The van der Waals surface area contributed by atoms with E-state index in [0.717, 1.165) is 25.1 Å². The normalized spacial score (nSPS) is 12.6. The Hall–Kier alpha value is -0.210. The van der Waals surface area contributed by atoms with Crippen molar-refractivity contribution in [2.24, 2.45) is 0 Å². The first kappa shape index (κ1) is 24.8. The lowest BCUT2D eigenvalue weighted by atomic mass is 10.1. The van der Waals surface area contributed by atoms with E-state index >= 15 is 0 Å².